The molecule has 1 rings (SSSR count). The molecule has 0 radical (unpaired) electrons. The van der Waals surface area contributed by atoms with E-state index in [0.717, 1.165) is 13.0 Å². The minimum absolute atomic E-state index is 0.174. The fourth-order valence-corrected chi connectivity index (χ4v) is 1.48. The maximum absolute atomic E-state index is 11.0. The summed E-state index contributed by atoms with van der Waals surface area (Å²) in [4.78, 5) is 23.9. The summed E-state index contributed by atoms with van der Waals surface area (Å²) in [5, 5.41) is 0. The van der Waals surface area contributed by atoms with Crippen LogP contribution in [-0.4, -0.2) is 43.0 Å². The number of rotatable bonds is 4. The van der Waals surface area contributed by atoms with Gasteiger partial charge in [-0.25, -0.2) is 4.79 Å². The molecular weight excluding hydrogens is 196 g/mol. The van der Waals surface area contributed by atoms with E-state index in [1.165, 1.54) is 7.11 Å². The zero-order valence-electron chi connectivity index (χ0n) is 9.03. The largest absolute Gasteiger partial charge is 0.466 e. The van der Waals surface area contributed by atoms with Crippen LogP contribution in [0.2, 0.25) is 0 Å². The number of esters is 1. The standard InChI is InChI=1S/C10H16N2O3/c1-7(10(14)15-2)3-5-12-6-4-8(12)9(11)13/h3,8H,4-6H2,1-2H3,(H2,11,13)/b7-3+. The van der Waals surface area contributed by atoms with Gasteiger partial charge in [0.1, 0.15) is 0 Å². The van der Waals surface area contributed by atoms with Crippen LogP contribution < -0.4 is 5.73 Å². The van der Waals surface area contributed by atoms with Crippen LogP contribution in [0.15, 0.2) is 11.6 Å². The Balaban J connectivity index is 2.43. The Morgan fingerprint density at radius 1 is 1.60 bits per heavy atom. The summed E-state index contributed by atoms with van der Waals surface area (Å²) in [7, 11) is 1.34. The highest BCUT2D eigenvalue weighted by molar-refractivity contribution is 5.87. The first-order chi connectivity index (χ1) is 7.06. The number of hydrogen-bond donors (Lipinski definition) is 1. The first-order valence-electron chi connectivity index (χ1n) is 4.84. The molecule has 0 saturated carbocycles. The Morgan fingerprint density at radius 3 is 2.67 bits per heavy atom. The first-order valence-corrected chi connectivity index (χ1v) is 4.84. The molecule has 1 fully saturated rings. The zero-order chi connectivity index (χ0) is 11.4. The van der Waals surface area contributed by atoms with Crippen molar-refractivity contribution in [2.24, 2.45) is 5.73 Å². The smallest absolute Gasteiger partial charge is 0.333 e. The molecule has 0 spiro atoms. The van der Waals surface area contributed by atoms with Gasteiger partial charge < -0.3 is 10.5 Å². The molecule has 0 bridgehead atoms. The molecule has 0 aromatic rings. The highest BCUT2D eigenvalue weighted by atomic mass is 16.5. The maximum Gasteiger partial charge on any atom is 0.333 e. The number of carbonyl (C=O) groups is 2. The second-order valence-corrected chi connectivity index (χ2v) is 3.58. The van der Waals surface area contributed by atoms with Gasteiger partial charge in [-0.3, -0.25) is 9.69 Å². The Bertz CT molecular complexity index is 299. The van der Waals surface area contributed by atoms with Gasteiger partial charge in [0.15, 0.2) is 0 Å². The average molecular weight is 212 g/mol. The molecule has 1 saturated heterocycles. The normalized spacial score (nSPS) is 22.0. The van der Waals surface area contributed by atoms with Crippen molar-refractivity contribution in [2.45, 2.75) is 19.4 Å². The number of likely N-dealkylation sites (tertiary alicyclic amines) is 1. The molecule has 0 aromatic heterocycles. The summed E-state index contributed by atoms with van der Waals surface area (Å²) in [6, 6.07) is -0.174. The topological polar surface area (TPSA) is 72.6 Å². The minimum Gasteiger partial charge on any atom is -0.466 e. The van der Waals surface area contributed by atoms with E-state index in [4.69, 9.17) is 5.73 Å². The van der Waals surface area contributed by atoms with Crippen molar-refractivity contribution < 1.29 is 14.3 Å². The molecule has 1 amide bonds. The number of amides is 1. The van der Waals surface area contributed by atoms with Crippen LogP contribution in [-0.2, 0) is 14.3 Å². The van der Waals surface area contributed by atoms with E-state index in [2.05, 4.69) is 4.74 Å². The van der Waals surface area contributed by atoms with Gasteiger partial charge in [-0.15, -0.1) is 0 Å². The lowest BCUT2D eigenvalue weighted by atomic mass is 10.0. The molecule has 84 valence electrons. The Labute approximate surface area is 88.9 Å². The fraction of sp³-hybridized carbons (Fsp3) is 0.600. The number of nitrogens with two attached hydrogens (primary N) is 1. The summed E-state index contributed by atoms with van der Waals surface area (Å²) in [5.74, 6) is -0.642. The van der Waals surface area contributed by atoms with E-state index in [9.17, 15) is 9.59 Å². The molecular formula is C10H16N2O3. The van der Waals surface area contributed by atoms with Crippen molar-refractivity contribution in [1.82, 2.24) is 4.90 Å². The van der Waals surface area contributed by atoms with E-state index >= 15 is 0 Å². The lowest BCUT2D eigenvalue weighted by molar-refractivity contribution is -0.136. The van der Waals surface area contributed by atoms with Crippen molar-refractivity contribution >= 4 is 11.9 Å². The molecule has 0 aliphatic carbocycles. The second-order valence-electron chi connectivity index (χ2n) is 3.58. The summed E-state index contributed by atoms with van der Waals surface area (Å²) >= 11 is 0. The molecule has 1 heterocycles. The van der Waals surface area contributed by atoms with E-state index in [-0.39, 0.29) is 17.9 Å². The van der Waals surface area contributed by atoms with Gasteiger partial charge in [0.25, 0.3) is 0 Å². The van der Waals surface area contributed by atoms with Crippen LogP contribution >= 0.6 is 0 Å². The second kappa shape index (κ2) is 4.93. The SMILES string of the molecule is COC(=O)/C(C)=C/CN1CCC1C(N)=O. The van der Waals surface area contributed by atoms with Gasteiger partial charge in [0.2, 0.25) is 5.91 Å². The van der Waals surface area contributed by atoms with E-state index < -0.39 is 0 Å². The quantitative estimate of drug-likeness (QED) is 0.511. The molecule has 15 heavy (non-hydrogen) atoms. The summed E-state index contributed by atoms with van der Waals surface area (Å²) in [6.07, 6.45) is 2.56. The van der Waals surface area contributed by atoms with Crippen molar-refractivity contribution in [3.63, 3.8) is 0 Å². The minimum atomic E-state index is -0.342. The average Bonchev–Trinajstić information content (AvgIpc) is 2.13. The highest BCUT2D eigenvalue weighted by Gasteiger charge is 2.31. The number of nitrogens with zero attached hydrogens (tertiary/aromatic N) is 1. The van der Waals surface area contributed by atoms with Crippen LogP contribution in [0.4, 0.5) is 0 Å². The summed E-state index contributed by atoms with van der Waals surface area (Å²) < 4.78 is 4.55. The Morgan fingerprint density at radius 2 is 2.27 bits per heavy atom. The van der Waals surface area contributed by atoms with Crippen molar-refractivity contribution in [2.75, 3.05) is 20.2 Å². The van der Waals surface area contributed by atoms with Crippen molar-refractivity contribution in [3.8, 4) is 0 Å². The van der Waals surface area contributed by atoms with Crippen LogP contribution in [0.3, 0.4) is 0 Å². The Hall–Kier alpha value is -1.36. The molecule has 5 nitrogen and oxygen atoms in total. The Kier molecular flexibility index (Phi) is 3.85. The lowest BCUT2D eigenvalue weighted by Gasteiger charge is -2.37. The number of carbonyl (C=O) groups excluding carboxylic acids is 2. The van der Waals surface area contributed by atoms with Crippen molar-refractivity contribution in [1.29, 1.82) is 0 Å². The van der Waals surface area contributed by atoms with Crippen molar-refractivity contribution in [3.05, 3.63) is 11.6 Å². The molecule has 1 aliphatic rings. The van der Waals surface area contributed by atoms with Crippen LogP contribution in [0, 0.1) is 0 Å². The zero-order valence-corrected chi connectivity index (χ0v) is 9.03. The lowest BCUT2D eigenvalue weighted by Crippen LogP contribution is -2.54. The number of methoxy groups -OCH3 is 1. The predicted octanol–water partition coefficient (Wildman–Crippen LogP) is -0.335. The van der Waals surface area contributed by atoms with Gasteiger partial charge in [-0.2, -0.15) is 0 Å². The summed E-state index contributed by atoms with van der Waals surface area (Å²) in [6.45, 7) is 3.10. The monoisotopic (exact) mass is 212 g/mol. The molecule has 2 N–H and O–H groups in total. The molecule has 1 atom stereocenters. The van der Waals surface area contributed by atoms with E-state index in [0.29, 0.717) is 12.1 Å². The third-order valence-corrected chi connectivity index (χ3v) is 2.60. The van der Waals surface area contributed by atoms with Gasteiger partial charge in [-0.1, -0.05) is 6.08 Å². The van der Waals surface area contributed by atoms with Crippen LogP contribution in [0.5, 0.6) is 0 Å². The third-order valence-electron chi connectivity index (χ3n) is 2.60. The highest BCUT2D eigenvalue weighted by Crippen LogP contribution is 2.16. The molecule has 1 unspecified atom stereocenters. The van der Waals surface area contributed by atoms with Crippen LogP contribution in [0.25, 0.3) is 0 Å². The van der Waals surface area contributed by atoms with Gasteiger partial charge in [0.05, 0.1) is 13.2 Å². The summed E-state index contributed by atoms with van der Waals surface area (Å²) in [5.41, 5.74) is 5.74. The van der Waals surface area contributed by atoms with Gasteiger partial charge in [0, 0.05) is 18.7 Å². The molecule has 5 heteroatoms. The van der Waals surface area contributed by atoms with Gasteiger partial charge in [-0.05, 0) is 13.3 Å². The molecule has 0 aromatic carbocycles. The fourth-order valence-electron chi connectivity index (χ4n) is 1.48. The maximum atomic E-state index is 11.0. The molecule has 1 aliphatic heterocycles. The predicted molar refractivity (Wildman–Crippen MR) is 54.9 cm³/mol. The number of ether oxygens (including phenoxy) is 1. The third kappa shape index (κ3) is 2.79. The number of primary amides is 1. The first kappa shape index (κ1) is 11.7. The van der Waals surface area contributed by atoms with E-state index in [1.54, 1.807) is 13.0 Å². The van der Waals surface area contributed by atoms with E-state index in [1.807, 2.05) is 4.90 Å². The number of hydrogen-bond acceptors (Lipinski definition) is 4. The van der Waals surface area contributed by atoms with Crippen LogP contribution in [0.1, 0.15) is 13.3 Å². The van der Waals surface area contributed by atoms with Gasteiger partial charge >= 0.3 is 5.97 Å².